The van der Waals surface area contributed by atoms with Crippen molar-refractivity contribution in [2.75, 3.05) is 24.1 Å². The first-order valence-corrected chi connectivity index (χ1v) is 7.47. The Balaban J connectivity index is 1.99. The van der Waals surface area contributed by atoms with E-state index in [1.54, 1.807) is 0 Å². The van der Waals surface area contributed by atoms with Gasteiger partial charge < -0.3 is 16.0 Å². The van der Waals surface area contributed by atoms with Gasteiger partial charge in [0, 0.05) is 17.6 Å². The number of hydrogen-bond donors (Lipinski definition) is 2. The third kappa shape index (κ3) is 3.62. The Kier molecular flexibility index (Phi) is 4.69. The van der Waals surface area contributed by atoms with Crippen LogP contribution in [0.3, 0.4) is 0 Å². The van der Waals surface area contributed by atoms with Crippen molar-refractivity contribution in [2.24, 2.45) is 0 Å². The number of carbonyl (C=O) groups excluding carboxylic acids is 1. The number of nitrogens with two attached hydrogens (primary N) is 1. The topological polar surface area (TPSA) is 58.4 Å². The smallest absolute Gasteiger partial charge is 0.244 e. The van der Waals surface area contributed by atoms with Gasteiger partial charge in [-0.15, -0.1) is 0 Å². The first-order chi connectivity index (χ1) is 9.08. The molecule has 1 fully saturated rings. The van der Waals surface area contributed by atoms with E-state index in [9.17, 15) is 4.79 Å². The Labute approximate surface area is 122 Å². The van der Waals surface area contributed by atoms with E-state index in [2.05, 4.69) is 21.2 Å². The molecule has 1 heterocycles. The molecule has 2 rings (SSSR count). The Morgan fingerprint density at radius 2 is 2.05 bits per heavy atom. The number of rotatable bonds is 3. The predicted molar refractivity (Wildman–Crippen MR) is 82.1 cm³/mol. The lowest BCUT2D eigenvalue weighted by Gasteiger charge is -2.30. The highest BCUT2D eigenvalue weighted by atomic mass is 79.9. The molecule has 0 radical (unpaired) electrons. The summed E-state index contributed by atoms with van der Waals surface area (Å²) in [5.41, 5.74) is 7.38. The maximum atomic E-state index is 12.3. The summed E-state index contributed by atoms with van der Waals surface area (Å²) >= 11 is 3.37. The molecule has 0 aliphatic carbocycles. The average Bonchev–Trinajstić information content (AvgIpc) is 2.42. The van der Waals surface area contributed by atoms with Crippen molar-refractivity contribution in [3.63, 3.8) is 0 Å². The second-order valence-corrected chi connectivity index (χ2v) is 5.90. The summed E-state index contributed by atoms with van der Waals surface area (Å²) in [5.74, 6) is 0.155. The molecular formula is C14H20BrN3O. The lowest BCUT2D eigenvalue weighted by molar-refractivity contribution is -0.132. The van der Waals surface area contributed by atoms with Gasteiger partial charge in [-0.05, 0) is 44.4 Å². The molecule has 1 aliphatic heterocycles. The van der Waals surface area contributed by atoms with Crippen molar-refractivity contribution in [3.8, 4) is 0 Å². The molecule has 4 nitrogen and oxygen atoms in total. The molecule has 5 heteroatoms. The number of benzene rings is 1. The van der Waals surface area contributed by atoms with E-state index in [0.717, 1.165) is 36.1 Å². The third-order valence-corrected chi connectivity index (χ3v) is 3.92. The van der Waals surface area contributed by atoms with Crippen LogP contribution in [0.15, 0.2) is 22.7 Å². The molecule has 1 unspecified atom stereocenters. The zero-order chi connectivity index (χ0) is 13.8. The molecule has 1 aromatic rings. The lowest BCUT2D eigenvalue weighted by atomic mass is 10.1. The highest BCUT2D eigenvalue weighted by molar-refractivity contribution is 9.10. The fraction of sp³-hybridized carbons (Fsp3) is 0.500. The number of likely N-dealkylation sites (tertiary alicyclic amines) is 1. The second-order valence-electron chi connectivity index (χ2n) is 4.98. The van der Waals surface area contributed by atoms with Gasteiger partial charge in [0.25, 0.3) is 0 Å². The summed E-state index contributed by atoms with van der Waals surface area (Å²) < 4.78 is 0.936. The fourth-order valence-corrected chi connectivity index (χ4v) is 2.73. The number of nitrogens with zero attached hydrogens (tertiary/aromatic N) is 1. The van der Waals surface area contributed by atoms with Crippen molar-refractivity contribution in [1.29, 1.82) is 0 Å². The van der Waals surface area contributed by atoms with Crippen LogP contribution >= 0.6 is 15.9 Å². The van der Waals surface area contributed by atoms with Gasteiger partial charge in [-0.2, -0.15) is 0 Å². The van der Waals surface area contributed by atoms with Crippen LogP contribution in [0.1, 0.15) is 26.2 Å². The molecule has 1 atom stereocenters. The number of anilines is 2. The second kappa shape index (κ2) is 6.28. The third-order valence-electron chi connectivity index (χ3n) is 3.42. The molecule has 1 aliphatic rings. The van der Waals surface area contributed by atoms with Crippen LogP contribution in [0, 0.1) is 0 Å². The summed E-state index contributed by atoms with van der Waals surface area (Å²) in [4.78, 5) is 14.2. The number of amides is 1. The number of halogens is 1. The molecule has 0 saturated carbocycles. The van der Waals surface area contributed by atoms with Crippen LogP contribution in [0.25, 0.3) is 0 Å². The average molecular weight is 326 g/mol. The number of hydrogen-bond acceptors (Lipinski definition) is 3. The van der Waals surface area contributed by atoms with Crippen LogP contribution in [0.5, 0.6) is 0 Å². The Hall–Kier alpha value is -1.23. The van der Waals surface area contributed by atoms with E-state index in [0.29, 0.717) is 5.69 Å². The molecule has 104 valence electrons. The summed E-state index contributed by atoms with van der Waals surface area (Å²) in [6, 6.07) is 5.39. The minimum absolute atomic E-state index is 0.155. The summed E-state index contributed by atoms with van der Waals surface area (Å²) in [6.45, 7) is 3.64. The van der Waals surface area contributed by atoms with Gasteiger partial charge in [0.15, 0.2) is 0 Å². The summed E-state index contributed by atoms with van der Waals surface area (Å²) in [5, 5.41) is 3.20. The van der Waals surface area contributed by atoms with Crippen LogP contribution in [0.2, 0.25) is 0 Å². The molecule has 0 spiro atoms. The van der Waals surface area contributed by atoms with E-state index in [-0.39, 0.29) is 11.9 Å². The number of nitrogen functional groups attached to an aromatic ring is 1. The van der Waals surface area contributed by atoms with Crippen molar-refractivity contribution in [2.45, 2.75) is 32.2 Å². The van der Waals surface area contributed by atoms with Crippen LogP contribution in [0.4, 0.5) is 11.4 Å². The zero-order valence-corrected chi connectivity index (χ0v) is 12.7. The maximum absolute atomic E-state index is 12.3. The van der Waals surface area contributed by atoms with Crippen LogP contribution < -0.4 is 11.1 Å². The zero-order valence-electron chi connectivity index (χ0n) is 11.2. The van der Waals surface area contributed by atoms with Crippen LogP contribution in [-0.4, -0.2) is 29.9 Å². The first-order valence-electron chi connectivity index (χ1n) is 6.68. The molecule has 1 saturated heterocycles. The molecule has 3 N–H and O–H groups in total. The molecule has 0 bridgehead atoms. The van der Waals surface area contributed by atoms with Gasteiger partial charge in [0.2, 0.25) is 5.91 Å². The Bertz CT molecular complexity index is 458. The van der Waals surface area contributed by atoms with Crippen LogP contribution in [-0.2, 0) is 4.79 Å². The van der Waals surface area contributed by atoms with E-state index in [4.69, 9.17) is 5.73 Å². The SMILES string of the molecule is CC(Nc1ccc(Br)cc1N)C(=O)N1CCCCC1. The van der Waals surface area contributed by atoms with E-state index in [1.807, 2.05) is 30.0 Å². The lowest BCUT2D eigenvalue weighted by Crippen LogP contribution is -2.43. The maximum Gasteiger partial charge on any atom is 0.244 e. The van der Waals surface area contributed by atoms with Gasteiger partial charge >= 0.3 is 0 Å². The highest BCUT2D eigenvalue weighted by Crippen LogP contribution is 2.24. The van der Waals surface area contributed by atoms with Gasteiger partial charge in [-0.25, -0.2) is 0 Å². The van der Waals surface area contributed by atoms with Gasteiger partial charge in [-0.3, -0.25) is 4.79 Å². The minimum Gasteiger partial charge on any atom is -0.397 e. The monoisotopic (exact) mass is 325 g/mol. The van der Waals surface area contributed by atoms with E-state index in [1.165, 1.54) is 6.42 Å². The van der Waals surface area contributed by atoms with Crippen molar-refractivity contribution in [3.05, 3.63) is 22.7 Å². The van der Waals surface area contributed by atoms with Gasteiger partial charge in [0.1, 0.15) is 6.04 Å². The normalized spacial score (nSPS) is 17.1. The highest BCUT2D eigenvalue weighted by Gasteiger charge is 2.22. The van der Waals surface area contributed by atoms with Gasteiger partial charge in [0.05, 0.1) is 11.4 Å². The molecule has 19 heavy (non-hydrogen) atoms. The summed E-state index contributed by atoms with van der Waals surface area (Å²) in [7, 11) is 0. The quantitative estimate of drug-likeness (QED) is 0.840. The number of nitrogens with one attached hydrogen (secondary N) is 1. The van der Waals surface area contributed by atoms with Crippen molar-refractivity contribution >= 4 is 33.2 Å². The molecule has 1 aromatic carbocycles. The van der Waals surface area contributed by atoms with Crippen molar-refractivity contribution < 1.29 is 4.79 Å². The van der Waals surface area contributed by atoms with E-state index >= 15 is 0 Å². The minimum atomic E-state index is -0.249. The van der Waals surface area contributed by atoms with Gasteiger partial charge in [-0.1, -0.05) is 15.9 Å². The first kappa shape index (κ1) is 14.2. The summed E-state index contributed by atoms with van der Waals surface area (Å²) in [6.07, 6.45) is 3.45. The molecule has 0 aromatic heterocycles. The Morgan fingerprint density at radius 1 is 1.37 bits per heavy atom. The largest absolute Gasteiger partial charge is 0.397 e. The molecule has 1 amide bonds. The van der Waals surface area contributed by atoms with Crippen molar-refractivity contribution in [1.82, 2.24) is 4.90 Å². The number of carbonyl (C=O) groups is 1. The number of piperidine rings is 1. The molecular weight excluding hydrogens is 306 g/mol. The Morgan fingerprint density at radius 3 is 2.68 bits per heavy atom. The fourth-order valence-electron chi connectivity index (χ4n) is 2.35. The predicted octanol–water partition coefficient (Wildman–Crippen LogP) is 2.84. The van der Waals surface area contributed by atoms with E-state index < -0.39 is 0 Å². The standard InChI is InChI=1S/C14H20BrN3O/c1-10(14(19)18-7-3-2-4-8-18)17-13-6-5-11(15)9-12(13)16/h5-6,9-10,17H,2-4,7-8,16H2,1H3.